The number of amides is 2. The lowest BCUT2D eigenvalue weighted by Gasteiger charge is -2.36. The fourth-order valence-electron chi connectivity index (χ4n) is 4.95. The second-order valence-electron chi connectivity index (χ2n) is 8.69. The number of thiol groups is 1. The van der Waals surface area contributed by atoms with Gasteiger partial charge in [-0.3, -0.25) is 24.7 Å². The Hall–Kier alpha value is -1.65. The number of nitrogens with one attached hydrogen (secondary N) is 1. The summed E-state index contributed by atoms with van der Waals surface area (Å²) in [5, 5.41) is 3.00. The van der Waals surface area contributed by atoms with Gasteiger partial charge in [0.05, 0.1) is 20.9 Å². The highest BCUT2D eigenvalue weighted by atomic mass is 79.9. The molecule has 2 amide bonds. The average molecular weight is 551 g/mol. The molecular formula is C23H25BrClN5O2S. The fourth-order valence-corrected chi connectivity index (χ4v) is 6.06. The maximum atomic E-state index is 12.4. The first kappa shape index (κ1) is 23.1. The van der Waals surface area contributed by atoms with Crippen LogP contribution in [0.3, 0.4) is 0 Å². The summed E-state index contributed by atoms with van der Waals surface area (Å²) in [6, 6.07) is 7.82. The molecule has 1 N–H and O–H groups in total. The molecule has 1 aromatic carbocycles. The normalized spacial score (nSPS) is 24.2. The number of imide groups is 1. The van der Waals surface area contributed by atoms with Crippen molar-refractivity contribution in [2.45, 2.75) is 37.3 Å². The molecule has 174 valence electrons. The lowest BCUT2D eigenvalue weighted by atomic mass is 10.0. The van der Waals surface area contributed by atoms with Crippen LogP contribution < -0.4 is 10.2 Å². The topological polar surface area (TPSA) is 68.8 Å². The van der Waals surface area contributed by atoms with Crippen LogP contribution in [-0.2, 0) is 22.7 Å². The summed E-state index contributed by atoms with van der Waals surface area (Å²) in [4.78, 5) is 35.3. The standard InChI is InChI=1S/C23H25BrClN5O2S/c24-20-17(25)6-7-26-21(20)29-10-8-28(9-11-29)12-14-2-1-3-15-16(14)13-30(23(15)33)18-4-5-19(31)27-22(18)32/h1-3,6-7,18,23,33H,4-5,8-13H2,(H,27,31,32). The van der Waals surface area contributed by atoms with Gasteiger partial charge in [-0.15, -0.1) is 0 Å². The van der Waals surface area contributed by atoms with Crippen molar-refractivity contribution in [1.29, 1.82) is 0 Å². The summed E-state index contributed by atoms with van der Waals surface area (Å²) >= 11 is 14.6. The van der Waals surface area contributed by atoms with Crippen molar-refractivity contribution in [1.82, 2.24) is 20.1 Å². The predicted molar refractivity (Wildman–Crippen MR) is 134 cm³/mol. The number of piperazine rings is 1. The van der Waals surface area contributed by atoms with Gasteiger partial charge in [0.15, 0.2) is 0 Å². The third-order valence-electron chi connectivity index (χ3n) is 6.74. The molecule has 5 rings (SSSR count). The van der Waals surface area contributed by atoms with E-state index in [1.807, 2.05) is 0 Å². The molecule has 0 radical (unpaired) electrons. The van der Waals surface area contributed by atoms with Crippen molar-refractivity contribution < 1.29 is 9.59 Å². The zero-order valence-electron chi connectivity index (χ0n) is 18.0. The highest BCUT2D eigenvalue weighted by Gasteiger charge is 2.39. The van der Waals surface area contributed by atoms with Crippen LogP contribution >= 0.6 is 40.2 Å². The summed E-state index contributed by atoms with van der Waals surface area (Å²) in [6.07, 6.45) is 2.66. The van der Waals surface area contributed by atoms with Crippen LogP contribution in [-0.4, -0.2) is 58.8 Å². The molecule has 0 aliphatic carbocycles. The molecule has 0 spiro atoms. The van der Waals surface area contributed by atoms with E-state index in [0.29, 0.717) is 24.4 Å². The number of rotatable bonds is 4. The van der Waals surface area contributed by atoms with Gasteiger partial charge in [-0.25, -0.2) is 4.98 Å². The van der Waals surface area contributed by atoms with Gasteiger partial charge in [0.1, 0.15) is 5.82 Å². The molecule has 4 heterocycles. The quantitative estimate of drug-likeness (QED) is 0.450. The molecule has 33 heavy (non-hydrogen) atoms. The van der Waals surface area contributed by atoms with Crippen LogP contribution in [0.15, 0.2) is 34.9 Å². The number of pyridine rings is 1. The van der Waals surface area contributed by atoms with E-state index < -0.39 is 0 Å². The highest BCUT2D eigenvalue weighted by Crippen LogP contribution is 2.41. The molecule has 0 bridgehead atoms. The van der Waals surface area contributed by atoms with Crippen molar-refractivity contribution in [3.8, 4) is 0 Å². The monoisotopic (exact) mass is 549 g/mol. The number of anilines is 1. The van der Waals surface area contributed by atoms with Crippen LogP contribution in [0.2, 0.25) is 5.02 Å². The maximum Gasteiger partial charge on any atom is 0.243 e. The van der Waals surface area contributed by atoms with Gasteiger partial charge in [0.2, 0.25) is 11.8 Å². The van der Waals surface area contributed by atoms with Gasteiger partial charge in [-0.2, -0.15) is 12.6 Å². The first-order valence-corrected chi connectivity index (χ1v) is 12.8. The minimum Gasteiger partial charge on any atom is -0.353 e. The Morgan fingerprint density at radius 3 is 2.73 bits per heavy atom. The Balaban J connectivity index is 1.26. The third-order valence-corrected chi connectivity index (χ3v) is 8.64. The Morgan fingerprint density at radius 2 is 1.97 bits per heavy atom. The molecule has 2 unspecified atom stereocenters. The summed E-state index contributed by atoms with van der Waals surface area (Å²) in [5.74, 6) is 0.487. The Labute approximate surface area is 212 Å². The number of benzene rings is 1. The van der Waals surface area contributed by atoms with Crippen molar-refractivity contribution in [3.63, 3.8) is 0 Å². The van der Waals surface area contributed by atoms with Gasteiger partial charge in [-0.1, -0.05) is 29.8 Å². The van der Waals surface area contributed by atoms with Crippen molar-refractivity contribution in [2.75, 3.05) is 31.1 Å². The van der Waals surface area contributed by atoms with Gasteiger partial charge in [-0.05, 0) is 45.1 Å². The summed E-state index contributed by atoms with van der Waals surface area (Å²) in [5.41, 5.74) is 3.69. The smallest absolute Gasteiger partial charge is 0.243 e. The van der Waals surface area contributed by atoms with E-state index in [-0.39, 0.29) is 23.2 Å². The first-order valence-electron chi connectivity index (χ1n) is 11.1. The SMILES string of the molecule is O=C1CCC(N2Cc3c(CN4CCN(c5nccc(Cl)c5Br)CC4)cccc3C2S)C(=O)N1. The first-order chi connectivity index (χ1) is 15.9. The van der Waals surface area contributed by atoms with Gasteiger partial charge >= 0.3 is 0 Å². The summed E-state index contributed by atoms with van der Waals surface area (Å²) < 4.78 is 0.842. The number of aromatic nitrogens is 1. The lowest BCUT2D eigenvalue weighted by molar-refractivity contribution is -0.137. The van der Waals surface area contributed by atoms with Crippen molar-refractivity contribution >= 4 is 57.8 Å². The van der Waals surface area contributed by atoms with E-state index >= 15 is 0 Å². The fraction of sp³-hybridized carbons (Fsp3) is 0.435. The number of hydrogen-bond donors (Lipinski definition) is 2. The maximum absolute atomic E-state index is 12.4. The van der Waals surface area contributed by atoms with Crippen LogP contribution in [0.1, 0.15) is 34.9 Å². The average Bonchev–Trinajstić information content (AvgIpc) is 3.14. The predicted octanol–water partition coefficient (Wildman–Crippen LogP) is 3.37. The molecule has 7 nitrogen and oxygen atoms in total. The minimum absolute atomic E-state index is 0.146. The van der Waals surface area contributed by atoms with E-state index in [2.05, 4.69) is 59.1 Å². The molecule has 2 fully saturated rings. The molecule has 10 heteroatoms. The number of hydrogen-bond acceptors (Lipinski definition) is 7. The number of piperidine rings is 1. The molecule has 0 saturated carbocycles. The van der Waals surface area contributed by atoms with Crippen molar-refractivity contribution in [2.24, 2.45) is 0 Å². The van der Waals surface area contributed by atoms with E-state index in [1.165, 1.54) is 11.1 Å². The lowest BCUT2D eigenvalue weighted by Crippen LogP contribution is -2.51. The minimum atomic E-state index is -0.322. The largest absolute Gasteiger partial charge is 0.353 e. The van der Waals surface area contributed by atoms with E-state index in [4.69, 9.17) is 24.2 Å². The number of fused-ring (bicyclic) bond motifs is 1. The second kappa shape index (κ2) is 9.54. The molecule has 2 saturated heterocycles. The van der Waals surface area contributed by atoms with Crippen LogP contribution in [0.5, 0.6) is 0 Å². The molecular weight excluding hydrogens is 526 g/mol. The zero-order chi connectivity index (χ0) is 23.1. The summed E-state index contributed by atoms with van der Waals surface area (Å²) in [6.45, 7) is 5.12. The van der Waals surface area contributed by atoms with Gasteiger partial charge in [0, 0.05) is 51.9 Å². The highest BCUT2D eigenvalue weighted by molar-refractivity contribution is 9.10. The van der Waals surface area contributed by atoms with E-state index in [0.717, 1.165) is 48.6 Å². The molecule has 1 aromatic heterocycles. The van der Waals surface area contributed by atoms with Crippen molar-refractivity contribution in [3.05, 3.63) is 56.6 Å². The van der Waals surface area contributed by atoms with Crippen LogP contribution in [0.4, 0.5) is 5.82 Å². The Kier molecular flexibility index (Phi) is 6.68. The molecule has 2 atom stereocenters. The van der Waals surface area contributed by atoms with E-state index in [9.17, 15) is 9.59 Å². The number of carbonyl (C=O) groups is 2. The molecule has 2 aromatic rings. The van der Waals surface area contributed by atoms with Crippen LogP contribution in [0, 0.1) is 0 Å². The Morgan fingerprint density at radius 1 is 1.18 bits per heavy atom. The number of halogens is 2. The summed E-state index contributed by atoms with van der Waals surface area (Å²) in [7, 11) is 0. The zero-order valence-corrected chi connectivity index (χ0v) is 21.2. The number of carbonyl (C=O) groups excluding carboxylic acids is 2. The second-order valence-corrected chi connectivity index (χ2v) is 10.4. The van der Waals surface area contributed by atoms with E-state index in [1.54, 1.807) is 12.3 Å². The third kappa shape index (κ3) is 4.53. The molecule has 3 aliphatic heterocycles. The molecule has 3 aliphatic rings. The van der Waals surface area contributed by atoms with Crippen LogP contribution in [0.25, 0.3) is 0 Å². The number of nitrogens with zero attached hydrogens (tertiary/aromatic N) is 4. The van der Waals surface area contributed by atoms with Gasteiger partial charge in [0.25, 0.3) is 0 Å². The van der Waals surface area contributed by atoms with Gasteiger partial charge < -0.3 is 4.90 Å². The Bertz CT molecular complexity index is 1090.